The minimum Gasteiger partial charge on any atom is -0.454 e. The fraction of sp³-hybridized carbons (Fsp3) is 0.273. The monoisotopic (exact) mass is 392 g/mol. The van der Waals surface area contributed by atoms with Gasteiger partial charge in [0, 0.05) is 30.1 Å². The first kappa shape index (κ1) is 14.5. The van der Waals surface area contributed by atoms with E-state index < -0.39 is 18.8 Å². The molecule has 1 aromatic heterocycles. The van der Waals surface area contributed by atoms with Crippen molar-refractivity contribution >= 4 is 22.7 Å². The minimum absolute atomic E-state index is 0.0223. The molecule has 3 aliphatic heterocycles. The van der Waals surface area contributed by atoms with E-state index in [1.54, 1.807) is 30.1 Å². The van der Waals surface area contributed by atoms with Crippen LogP contribution < -0.4 is 9.47 Å². The smallest absolute Gasteiger partial charge is 0.245 e. The molecular weight excluding hydrogens is 371 g/mol. The molecule has 0 bridgehead atoms. The highest BCUT2D eigenvalue weighted by Gasteiger charge is 2.47. The van der Waals surface area contributed by atoms with E-state index in [1.165, 1.54) is 4.90 Å². The van der Waals surface area contributed by atoms with Crippen LogP contribution in [0.25, 0.3) is 10.9 Å². The Morgan fingerprint density at radius 1 is 1.14 bits per heavy atom. The predicted molar refractivity (Wildman–Crippen MR) is 105 cm³/mol. The molecule has 1 N–H and O–H groups in total. The first-order valence-electron chi connectivity index (χ1n) is 10.5. The largest absolute Gasteiger partial charge is 0.454 e. The Morgan fingerprint density at radius 2 is 1.97 bits per heavy atom. The zero-order chi connectivity index (χ0) is 21.5. The van der Waals surface area contributed by atoms with E-state index in [-0.39, 0.29) is 24.1 Å². The van der Waals surface area contributed by atoms with Gasteiger partial charge in [0.25, 0.3) is 0 Å². The van der Waals surface area contributed by atoms with Gasteiger partial charge in [0.05, 0.1) is 12.6 Å². The number of nitrogens with one attached hydrogen (secondary N) is 1. The molecule has 6 rings (SSSR count). The fourth-order valence-electron chi connectivity index (χ4n) is 4.72. The average molecular weight is 392 g/mol. The Bertz CT molecular complexity index is 1270. The van der Waals surface area contributed by atoms with Gasteiger partial charge in [-0.1, -0.05) is 24.3 Å². The summed E-state index contributed by atoms with van der Waals surface area (Å²) in [7, 11) is 1.65. The second-order valence-corrected chi connectivity index (χ2v) is 7.67. The number of benzene rings is 2. The van der Waals surface area contributed by atoms with E-state index >= 15 is 0 Å². The van der Waals surface area contributed by atoms with E-state index in [4.69, 9.17) is 12.2 Å². The molecule has 1 saturated heterocycles. The summed E-state index contributed by atoms with van der Waals surface area (Å²) in [6.45, 7) is -2.21. The Labute approximate surface area is 169 Å². The number of ether oxygens (including phenoxy) is 2. The number of likely N-dealkylation sites (N-methyl/N-ethyl adjacent to an activating group) is 1. The first-order chi connectivity index (χ1) is 14.8. The zero-order valence-corrected chi connectivity index (χ0v) is 15.6. The Hall–Kier alpha value is -3.48. The molecule has 0 spiro atoms. The normalized spacial score (nSPS) is 25.6. The molecule has 0 unspecified atom stereocenters. The highest BCUT2D eigenvalue weighted by atomic mass is 16.7. The molecule has 3 aromatic rings. The maximum atomic E-state index is 13.1. The van der Waals surface area contributed by atoms with E-state index in [0.29, 0.717) is 12.2 Å². The van der Waals surface area contributed by atoms with Gasteiger partial charge in [-0.25, -0.2) is 0 Å². The summed E-state index contributed by atoms with van der Waals surface area (Å²) in [5.41, 5.74) is 3.56. The molecule has 29 heavy (non-hydrogen) atoms. The molecular formula is C22H19N3O4. The van der Waals surface area contributed by atoms with Crippen LogP contribution in [0.4, 0.5) is 0 Å². The first-order valence-corrected chi connectivity index (χ1v) is 9.50. The number of hydrogen-bond acceptors (Lipinski definition) is 4. The Morgan fingerprint density at radius 3 is 2.86 bits per heavy atom. The van der Waals surface area contributed by atoms with Crippen molar-refractivity contribution in [2.24, 2.45) is 0 Å². The minimum atomic E-state index is -2.23. The van der Waals surface area contributed by atoms with Gasteiger partial charge >= 0.3 is 0 Å². The molecule has 2 aromatic carbocycles. The highest BCUT2D eigenvalue weighted by molar-refractivity contribution is 5.97. The summed E-state index contributed by atoms with van der Waals surface area (Å²) in [5.74, 6) is 0.362. The van der Waals surface area contributed by atoms with Crippen LogP contribution in [0.1, 0.15) is 25.6 Å². The topological polar surface area (TPSA) is 74.9 Å². The summed E-state index contributed by atoms with van der Waals surface area (Å²) in [6.07, 6.45) is 0.442. The van der Waals surface area contributed by atoms with Crippen LogP contribution in [0.15, 0.2) is 42.5 Å². The molecule has 4 heterocycles. The third kappa shape index (κ3) is 2.24. The summed E-state index contributed by atoms with van der Waals surface area (Å²) >= 11 is 0. The highest BCUT2D eigenvalue weighted by Crippen LogP contribution is 2.44. The van der Waals surface area contributed by atoms with Crippen LogP contribution in [0.5, 0.6) is 11.5 Å². The molecule has 2 amide bonds. The number of amides is 2. The van der Waals surface area contributed by atoms with Gasteiger partial charge < -0.3 is 24.3 Å². The van der Waals surface area contributed by atoms with E-state index in [0.717, 1.165) is 27.7 Å². The van der Waals surface area contributed by atoms with E-state index in [9.17, 15) is 9.59 Å². The molecule has 146 valence electrons. The lowest BCUT2D eigenvalue weighted by Crippen LogP contribution is -2.62. The number of piperazine rings is 1. The summed E-state index contributed by atoms with van der Waals surface area (Å²) in [6, 6.07) is 11.9. The van der Waals surface area contributed by atoms with Crippen molar-refractivity contribution in [2.75, 3.05) is 20.3 Å². The summed E-state index contributed by atoms with van der Waals surface area (Å²) in [4.78, 5) is 32.8. The molecule has 0 saturated carbocycles. The lowest BCUT2D eigenvalue weighted by Gasteiger charge is -2.46. The predicted octanol–water partition coefficient (Wildman–Crippen LogP) is 2.21. The third-order valence-electron chi connectivity index (χ3n) is 6.04. The van der Waals surface area contributed by atoms with Gasteiger partial charge in [0.15, 0.2) is 11.5 Å². The van der Waals surface area contributed by atoms with Crippen LogP contribution in [-0.2, 0) is 16.0 Å². The van der Waals surface area contributed by atoms with Crippen molar-refractivity contribution in [3.05, 3.63) is 59.3 Å². The van der Waals surface area contributed by atoms with Gasteiger partial charge in [0.2, 0.25) is 18.6 Å². The molecule has 7 heteroatoms. The van der Waals surface area contributed by atoms with Gasteiger partial charge in [-0.3, -0.25) is 9.59 Å². The van der Waals surface area contributed by atoms with E-state index in [1.807, 2.05) is 24.3 Å². The van der Waals surface area contributed by atoms with Gasteiger partial charge in [0.1, 0.15) is 8.78 Å². The fourth-order valence-corrected chi connectivity index (χ4v) is 4.72. The summed E-state index contributed by atoms with van der Waals surface area (Å²) < 4.78 is 25.9. The number of carbonyl (C=O) groups is 2. The number of aromatic nitrogens is 1. The number of fused-ring (bicyclic) bond motifs is 5. The van der Waals surface area contributed by atoms with Crippen molar-refractivity contribution in [3.63, 3.8) is 0 Å². The van der Waals surface area contributed by atoms with Gasteiger partial charge in [-0.15, -0.1) is 0 Å². The van der Waals surface area contributed by atoms with Crippen molar-refractivity contribution in [2.45, 2.75) is 18.5 Å². The number of H-pyrrole nitrogens is 1. The number of para-hydroxylation sites is 1. The number of carbonyl (C=O) groups excluding carboxylic acids is 2. The van der Waals surface area contributed by atoms with Gasteiger partial charge in [-0.2, -0.15) is 0 Å². The number of rotatable bonds is 1. The second-order valence-electron chi connectivity index (χ2n) is 7.67. The third-order valence-corrected chi connectivity index (χ3v) is 6.04. The van der Waals surface area contributed by atoms with E-state index in [2.05, 4.69) is 4.98 Å². The van der Waals surface area contributed by atoms with Crippen molar-refractivity contribution in [1.29, 1.82) is 0 Å². The molecule has 0 aliphatic carbocycles. The summed E-state index contributed by atoms with van der Waals surface area (Å²) in [5, 5.41) is 1.03. The van der Waals surface area contributed by atoms with Gasteiger partial charge in [-0.05, 0) is 29.3 Å². The maximum Gasteiger partial charge on any atom is 0.245 e. The number of aromatic amines is 1. The Kier molecular flexibility index (Phi) is 2.88. The standard InChI is InChI=1S/C22H19N3O4/c1-24-10-19(26)25-16(22(24)27)9-14-13-4-2-3-5-15(13)23-20(14)21(25)12-6-7-17-18(8-12)29-11-28-17/h2-8,16,21,23H,9-11H2,1H3/t16-,21-/m1/s1/i1+1,11D2. The lowest BCUT2D eigenvalue weighted by molar-refractivity contribution is -0.157. The Balaban J connectivity index is 1.56. The molecule has 1 fully saturated rings. The number of nitrogens with zero attached hydrogens (tertiary/aromatic N) is 2. The van der Waals surface area contributed by atoms with Crippen LogP contribution in [0, 0.1) is 0 Å². The maximum absolute atomic E-state index is 13.1. The molecule has 2 atom stereocenters. The van der Waals surface area contributed by atoms with Crippen LogP contribution >= 0.6 is 0 Å². The molecule has 7 nitrogen and oxygen atoms in total. The van der Waals surface area contributed by atoms with Crippen LogP contribution in [0.3, 0.4) is 0 Å². The van der Waals surface area contributed by atoms with Crippen LogP contribution in [-0.4, -0.2) is 53.0 Å². The lowest BCUT2D eigenvalue weighted by atomic mass is 9.86. The second kappa shape index (κ2) is 5.76. The molecule has 3 aliphatic rings. The van der Waals surface area contributed by atoms with Crippen molar-refractivity contribution in [3.8, 4) is 11.5 Å². The zero-order valence-electron chi connectivity index (χ0n) is 17.6. The van der Waals surface area contributed by atoms with Crippen LogP contribution in [0.2, 0.25) is 0 Å². The average Bonchev–Trinajstić information content (AvgIpc) is 3.25. The quantitative estimate of drug-likeness (QED) is 0.645. The van der Waals surface area contributed by atoms with Crippen molar-refractivity contribution in [1.82, 2.24) is 14.8 Å². The SMILES string of the molecule is [2H]C1([2H])Oc2ccc([C@@H]3c4[nH]c5ccccc5c4C[C@@H]4C(=O)N([13CH3])CC(=O)N34)cc2O1. The van der Waals surface area contributed by atoms with Crippen molar-refractivity contribution < 1.29 is 21.8 Å². The molecule has 0 radical (unpaired) electrons. The number of hydrogen-bond donors (Lipinski definition) is 1.